The van der Waals surface area contributed by atoms with Crippen molar-refractivity contribution < 1.29 is 14.3 Å². The number of hydrogen-bond acceptors (Lipinski definition) is 4. The van der Waals surface area contributed by atoms with Crippen LogP contribution in [0.15, 0.2) is 6.07 Å². The molecule has 0 bridgehead atoms. The lowest BCUT2D eigenvalue weighted by Crippen LogP contribution is -2.54. The van der Waals surface area contributed by atoms with Gasteiger partial charge in [0.2, 0.25) is 0 Å². The molecule has 0 aromatic carbocycles. The van der Waals surface area contributed by atoms with Crippen LogP contribution in [0.5, 0.6) is 0 Å². The van der Waals surface area contributed by atoms with Gasteiger partial charge in [0, 0.05) is 17.5 Å². The molecule has 1 N–H and O–H groups in total. The molecule has 25 heavy (non-hydrogen) atoms. The van der Waals surface area contributed by atoms with E-state index in [1.54, 1.807) is 11.3 Å². The van der Waals surface area contributed by atoms with E-state index in [1.807, 2.05) is 52.5 Å². The van der Waals surface area contributed by atoms with Gasteiger partial charge in [0.1, 0.15) is 5.60 Å². The molecule has 5 nitrogen and oxygen atoms in total. The Labute approximate surface area is 154 Å². The summed E-state index contributed by atoms with van der Waals surface area (Å²) in [6.07, 6.45) is 2.54. The van der Waals surface area contributed by atoms with Gasteiger partial charge >= 0.3 is 6.09 Å². The second-order valence-corrected chi connectivity index (χ2v) is 9.10. The molecule has 0 aliphatic carbocycles. The van der Waals surface area contributed by atoms with Crippen molar-refractivity contribution in [2.24, 2.45) is 0 Å². The molecule has 1 fully saturated rings. The van der Waals surface area contributed by atoms with Crippen molar-refractivity contribution in [3.05, 3.63) is 21.4 Å². The maximum absolute atomic E-state index is 13.0. The van der Waals surface area contributed by atoms with E-state index in [-0.39, 0.29) is 18.0 Å². The molecule has 2 unspecified atom stereocenters. The van der Waals surface area contributed by atoms with Crippen molar-refractivity contribution in [2.75, 3.05) is 6.54 Å². The first kappa shape index (κ1) is 19.8. The lowest BCUT2D eigenvalue weighted by Gasteiger charge is -2.39. The number of aryl methyl sites for hydroxylation is 2. The predicted molar refractivity (Wildman–Crippen MR) is 101 cm³/mol. The van der Waals surface area contributed by atoms with Gasteiger partial charge in [-0.2, -0.15) is 0 Å². The van der Waals surface area contributed by atoms with E-state index in [0.717, 1.165) is 36.2 Å². The summed E-state index contributed by atoms with van der Waals surface area (Å²) in [6, 6.07) is 1.82. The average Bonchev–Trinajstić information content (AvgIpc) is 2.84. The van der Waals surface area contributed by atoms with Crippen molar-refractivity contribution in [3.8, 4) is 0 Å². The van der Waals surface area contributed by atoms with Crippen LogP contribution in [0.25, 0.3) is 0 Å². The Balaban J connectivity index is 2.09. The maximum Gasteiger partial charge on any atom is 0.407 e. The fraction of sp³-hybridized carbons (Fsp3) is 0.684. The van der Waals surface area contributed by atoms with Gasteiger partial charge < -0.3 is 15.0 Å². The summed E-state index contributed by atoms with van der Waals surface area (Å²) < 4.78 is 5.35. The van der Waals surface area contributed by atoms with Crippen molar-refractivity contribution >= 4 is 23.3 Å². The number of thiophene rings is 1. The lowest BCUT2D eigenvalue weighted by atomic mass is 9.96. The summed E-state index contributed by atoms with van der Waals surface area (Å²) in [5.74, 6) is 0.0729. The Morgan fingerprint density at radius 2 is 2.00 bits per heavy atom. The minimum atomic E-state index is -0.530. The molecule has 140 valence electrons. The fourth-order valence-corrected chi connectivity index (χ4v) is 4.13. The molecule has 2 rings (SSSR count). The van der Waals surface area contributed by atoms with Crippen LogP contribution in [-0.4, -0.2) is 41.1 Å². The SMILES string of the molecule is Cc1cc(C(=O)N2CCCCC2C(C)NC(=O)OC(C)(C)C)sc1C. The number of carbonyl (C=O) groups is 2. The molecule has 2 atom stereocenters. The maximum atomic E-state index is 13.0. The first-order valence-electron chi connectivity index (χ1n) is 8.96. The third kappa shape index (κ3) is 5.21. The van der Waals surface area contributed by atoms with Gasteiger partial charge in [-0.1, -0.05) is 0 Å². The number of hydrogen-bond donors (Lipinski definition) is 1. The van der Waals surface area contributed by atoms with Crippen LogP contribution in [0.4, 0.5) is 4.79 Å². The molecular formula is C19H30N2O3S. The zero-order valence-electron chi connectivity index (χ0n) is 16.1. The molecule has 1 aromatic rings. The van der Waals surface area contributed by atoms with E-state index in [4.69, 9.17) is 4.74 Å². The summed E-state index contributed by atoms with van der Waals surface area (Å²) in [5, 5.41) is 2.91. The Hall–Kier alpha value is -1.56. The molecule has 0 saturated carbocycles. The predicted octanol–water partition coefficient (Wildman–Crippen LogP) is 4.27. The monoisotopic (exact) mass is 366 g/mol. The second-order valence-electron chi connectivity index (χ2n) is 7.85. The van der Waals surface area contributed by atoms with E-state index >= 15 is 0 Å². The third-order valence-electron chi connectivity index (χ3n) is 4.51. The van der Waals surface area contributed by atoms with Crippen LogP contribution in [0, 0.1) is 13.8 Å². The van der Waals surface area contributed by atoms with Gasteiger partial charge in [-0.25, -0.2) is 4.79 Å². The molecule has 1 aliphatic heterocycles. The summed E-state index contributed by atoms with van der Waals surface area (Å²) in [5.41, 5.74) is 0.625. The molecule has 0 radical (unpaired) electrons. The number of likely N-dealkylation sites (tertiary alicyclic amines) is 1. The minimum absolute atomic E-state index is 0.00326. The van der Waals surface area contributed by atoms with Gasteiger partial charge in [0.05, 0.1) is 10.9 Å². The average molecular weight is 367 g/mol. The highest BCUT2D eigenvalue weighted by atomic mass is 32.1. The Bertz CT molecular complexity index is 614. The zero-order chi connectivity index (χ0) is 18.8. The highest BCUT2D eigenvalue weighted by molar-refractivity contribution is 7.14. The number of ether oxygens (including phenoxy) is 1. The number of carbonyl (C=O) groups excluding carboxylic acids is 2. The van der Waals surface area contributed by atoms with Crippen LogP contribution in [0.2, 0.25) is 0 Å². The summed E-state index contributed by atoms with van der Waals surface area (Å²) >= 11 is 1.55. The lowest BCUT2D eigenvalue weighted by molar-refractivity contribution is 0.0403. The molecular weight excluding hydrogens is 336 g/mol. The smallest absolute Gasteiger partial charge is 0.407 e. The summed E-state index contributed by atoms with van der Waals surface area (Å²) in [6.45, 7) is 12.3. The number of amides is 2. The normalized spacial score (nSPS) is 19.4. The number of nitrogens with one attached hydrogen (secondary N) is 1. The van der Waals surface area contributed by atoms with E-state index < -0.39 is 11.7 Å². The van der Waals surface area contributed by atoms with Crippen LogP contribution in [-0.2, 0) is 4.74 Å². The minimum Gasteiger partial charge on any atom is -0.444 e. The molecule has 6 heteroatoms. The first-order valence-corrected chi connectivity index (χ1v) is 9.77. The van der Waals surface area contributed by atoms with Crippen LogP contribution < -0.4 is 5.32 Å². The van der Waals surface area contributed by atoms with Crippen molar-refractivity contribution in [2.45, 2.75) is 78.5 Å². The van der Waals surface area contributed by atoms with Crippen molar-refractivity contribution in [1.29, 1.82) is 0 Å². The quantitative estimate of drug-likeness (QED) is 0.869. The van der Waals surface area contributed by atoms with E-state index in [9.17, 15) is 9.59 Å². The van der Waals surface area contributed by atoms with Gasteiger partial charge in [-0.3, -0.25) is 4.79 Å². The Morgan fingerprint density at radius 3 is 2.56 bits per heavy atom. The van der Waals surface area contributed by atoms with E-state index in [2.05, 4.69) is 5.32 Å². The van der Waals surface area contributed by atoms with Gasteiger partial charge in [-0.15, -0.1) is 11.3 Å². The summed E-state index contributed by atoms with van der Waals surface area (Å²) in [7, 11) is 0. The molecule has 2 heterocycles. The molecule has 2 amide bonds. The van der Waals surface area contributed by atoms with Gasteiger partial charge in [0.15, 0.2) is 0 Å². The third-order valence-corrected chi connectivity index (χ3v) is 5.65. The number of alkyl carbamates (subject to hydrolysis) is 1. The van der Waals surface area contributed by atoms with Crippen LogP contribution in [0.3, 0.4) is 0 Å². The highest BCUT2D eigenvalue weighted by Crippen LogP contribution is 2.27. The van der Waals surface area contributed by atoms with E-state index in [1.165, 1.54) is 4.88 Å². The number of rotatable bonds is 3. The van der Waals surface area contributed by atoms with Crippen molar-refractivity contribution in [3.63, 3.8) is 0 Å². The largest absolute Gasteiger partial charge is 0.444 e. The van der Waals surface area contributed by atoms with Crippen LogP contribution in [0.1, 0.15) is 67.1 Å². The number of nitrogens with zero attached hydrogens (tertiary/aromatic N) is 1. The molecule has 1 aliphatic rings. The summed E-state index contributed by atoms with van der Waals surface area (Å²) in [4.78, 5) is 28.9. The first-order chi connectivity index (χ1) is 11.6. The van der Waals surface area contributed by atoms with Crippen molar-refractivity contribution in [1.82, 2.24) is 10.2 Å². The van der Waals surface area contributed by atoms with Crippen LogP contribution >= 0.6 is 11.3 Å². The topological polar surface area (TPSA) is 58.6 Å². The Morgan fingerprint density at radius 1 is 1.32 bits per heavy atom. The highest BCUT2D eigenvalue weighted by Gasteiger charge is 2.33. The molecule has 0 spiro atoms. The van der Waals surface area contributed by atoms with Gasteiger partial charge in [0.25, 0.3) is 5.91 Å². The molecule has 1 saturated heterocycles. The fourth-order valence-electron chi connectivity index (χ4n) is 3.14. The van der Waals surface area contributed by atoms with E-state index in [0.29, 0.717) is 0 Å². The standard InChI is InChI=1S/C19H30N2O3S/c1-12-11-16(25-14(12)3)17(22)21-10-8-7-9-15(21)13(2)20-18(23)24-19(4,5)6/h11,13,15H,7-10H2,1-6H3,(H,20,23). The van der Waals surface area contributed by atoms with Gasteiger partial charge in [-0.05, 0) is 72.4 Å². The molecule has 1 aromatic heterocycles. The zero-order valence-corrected chi connectivity index (χ0v) is 17.0. The number of piperidine rings is 1. The second kappa shape index (κ2) is 7.77. The Kier molecular flexibility index (Phi) is 6.14.